The van der Waals surface area contributed by atoms with Gasteiger partial charge in [0.05, 0.1) is 6.26 Å². The number of rotatable bonds is 4. The SMILES string of the molecule is CS(=O)(=O)OCc1cc(-c2nccs2)on1. The highest BCUT2D eigenvalue weighted by Gasteiger charge is 2.10. The van der Waals surface area contributed by atoms with E-state index < -0.39 is 10.1 Å². The summed E-state index contributed by atoms with van der Waals surface area (Å²) >= 11 is 1.41. The van der Waals surface area contributed by atoms with Crippen LogP contribution >= 0.6 is 11.3 Å². The van der Waals surface area contributed by atoms with E-state index >= 15 is 0 Å². The van der Waals surface area contributed by atoms with E-state index in [-0.39, 0.29) is 6.61 Å². The van der Waals surface area contributed by atoms with Crippen molar-refractivity contribution in [1.82, 2.24) is 10.1 Å². The second-order valence-electron chi connectivity index (χ2n) is 2.99. The molecule has 0 bridgehead atoms. The summed E-state index contributed by atoms with van der Waals surface area (Å²) in [6.07, 6.45) is 2.63. The molecule has 0 saturated carbocycles. The molecule has 0 N–H and O–H groups in total. The minimum absolute atomic E-state index is 0.131. The molecule has 0 aliphatic rings. The Morgan fingerprint density at radius 1 is 1.56 bits per heavy atom. The summed E-state index contributed by atoms with van der Waals surface area (Å²) in [6, 6.07) is 1.60. The van der Waals surface area contributed by atoms with Gasteiger partial charge >= 0.3 is 0 Å². The van der Waals surface area contributed by atoms with Crippen molar-refractivity contribution in [2.75, 3.05) is 6.26 Å². The molecule has 0 aliphatic carbocycles. The summed E-state index contributed by atoms with van der Waals surface area (Å²) in [5.41, 5.74) is 0.413. The van der Waals surface area contributed by atoms with Crippen LogP contribution in [0.5, 0.6) is 0 Å². The topological polar surface area (TPSA) is 82.3 Å². The predicted octanol–water partition coefficient (Wildman–Crippen LogP) is 1.27. The predicted molar refractivity (Wildman–Crippen MR) is 57.2 cm³/mol. The fourth-order valence-corrected chi connectivity index (χ4v) is 1.91. The Morgan fingerprint density at radius 3 is 3.00 bits per heavy atom. The van der Waals surface area contributed by atoms with Crippen LogP contribution in [0.1, 0.15) is 5.69 Å². The molecule has 6 nitrogen and oxygen atoms in total. The van der Waals surface area contributed by atoms with E-state index in [1.165, 1.54) is 11.3 Å². The first-order chi connectivity index (χ1) is 7.54. The molecule has 86 valence electrons. The summed E-state index contributed by atoms with van der Waals surface area (Å²) in [5, 5.41) is 6.18. The Kier molecular flexibility index (Phi) is 3.03. The van der Waals surface area contributed by atoms with Crippen LogP contribution in [0.25, 0.3) is 10.8 Å². The number of hydrogen-bond donors (Lipinski definition) is 0. The normalized spacial score (nSPS) is 11.8. The van der Waals surface area contributed by atoms with Crippen LogP contribution in [0.2, 0.25) is 0 Å². The first-order valence-corrected chi connectivity index (χ1v) is 6.94. The van der Waals surface area contributed by atoms with Crippen LogP contribution in [0.4, 0.5) is 0 Å². The minimum atomic E-state index is -3.46. The van der Waals surface area contributed by atoms with Crippen molar-refractivity contribution >= 4 is 21.5 Å². The van der Waals surface area contributed by atoms with Gasteiger partial charge < -0.3 is 4.52 Å². The molecule has 0 fully saturated rings. The molecule has 0 unspecified atom stereocenters. The van der Waals surface area contributed by atoms with Crippen molar-refractivity contribution in [3.63, 3.8) is 0 Å². The molecule has 2 rings (SSSR count). The van der Waals surface area contributed by atoms with Gasteiger partial charge in [-0.3, -0.25) is 4.18 Å². The Morgan fingerprint density at radius 2 is 2.38 bits per heavy atom. The Labute approximate surface area is 96.0 Å². The zero-order valence-corrected chi connectivity index (χ0v) is 9.92. The van der Waals surface area contributed by atoms with Crippen LogP contribution in [-0.4, -0.2) is 24.8 Å². The maximum atomic E-state index is 10.7. The number of thiazole rings is 1. The van der Waals surface area contributed by atoms with Crippen molar-refractivity contribution < 1.29 is 17.1 Å². The van der Waals surface area contributed by atoms with E-state index in [1.54, 1.807) is 12.3 Å². The van der Waals surface area contributed by atoms with Gasteiger partial charge in [0.2, 0.25) is 0 Å². The van der Waals surface area contributed by atoms with Gasteiger partial charge in [0, 0.05) is 17.6 Å². The maximum absolute atomic E-state index is 10.7. The average Bonchev–Trinajstić information content (AvgIpc) is 2.84. The van der Waals surface area contributed by atoms with Crippen LogP contribution in [0.3, 0.4) is 0 Å². The number of aromatic nitrogens is 2. The lowest BCUT2D eigenvalue weighted by molar-refractivity contribution is 0.296. The molecule has 0 aromatic carbocycles. The molecule has 2 aromatic heterocycles. The molecular formula is C8H8N2O4S2. The van der Waals surface area contributed by atoms with Crippen molar-refractivity contribution in [2.24, 2.45) is 0 Å². The van der Waals surface area contributed by atoms with Gasteiger partial charge in [0.15, 0.2) is 10.8 Å². The second kappa shape index (κ2) is 4.32. The van der Waals surface area contributed by atoms with E-state index in [9.17, 15) is 8.42 Å². The van der Waals surface area contributed by atoms with Gasteiger partial charge in [-0.05, 0) is 0 Å². The molecule has 0 saturated heterocycles. The first-order valence-electron chi connectivity index (χ1n) is 4.24. The van der Waals surface area contributed by atoms with E-state index in [2.05, 4.69) is 14.3 Å². The van der Waals surface area contributed by atoms with Gasteiger partial charge in [-0.1, -0.05) is 5.16 Å². The third-order valence-electron chi connectivity index (χ3n) is 1.62. The summed E-state index contributed by atoms with van der Waals surface area (Å²) in [7, 11) is -3.46. The Hall–Kier alpha value is -1.25. The largest absolute Gasteiger partial charge is 0.353 e. The zero-order chi connectivity index (χ0) is 11.6. The second-order valence-corrected chi connectivity index (χ2v) is 5.52. The summed E-state index contributed by atoms with van der Waals surface area (Å²) < 4.78 is 31.1. The smallest absolute Gasteiger partial charge is 0.264 e. The summed E-state index contributed by atoms with van der Waals surface area (Å²) in [5.74, 6) is 0.502. The van der Waals surface area contributed by atoms with Crippen LogP contribution < -0.4 is 0 Å². The number of hydrogen-bond acceptors (Lipinski definition) is 7. The quantitative estimate of drug-likeness (QED) is 0.770. The molecular weight excluding hydrogens is 252 g/mol. The fraction of sp³-hybridized carbons (Fsp3) is 0.250. The van der Waals surface area contributed by atoms with Gasteiger partial charge in [-0.2, -0.15) is 8.42 Å². The fourth-order valence-electron chi connectivity index (χ4n) is 0.993. The maximum Gasteiger partial charge on any atom is 0.264 e. The third-order valence-corrected chi connectivity index (χ3v) is 2.96. The lowest BCUT2D eigenvalue weighted by Crippen LogP contribution is -2.02. The highest BCUT2D eigenvalue weighted by atomic mass is 32.2. The molecule has 2 heterocycles. The zero-order valence-electron chi connectivity index (χ0n) is 8.28. The highest BCUT2D eigenvalue weighted by Crippen LogP contribution is 2.22. The van der Waals surface area contributed by atoms with Gasteiger partial charge in [0.25, 0.3) is 10.1 Å². The van der Waals surface area contributed by atoms with Crippen LogP contribution in [-0.2, 0) is 20.9 Å². The van der Waals surface area contributed by atoms with Gasteiger partial charge in [-0.25, -0.2) is 4.98 Å². The molecule has 0 spiro atoms. The van der Waals surface area contributed by atoms with E-state index in [0.29, 0.717) is 16.5 Å². The summed E-state index contributed by atoms with van der Waals surface area (Å²) in [4.78, 5) is 4.03. The van der Waals surface area contributed by atoms with Crippen LogP contribution in [0, 0.1) is 0 Å². The highest BCUT2D eigenvalue weighted by molar-refractivity contribution is 7.85. The number of nitrogens with zero attached hydrogens (tertiary/aromatic N) is 2. The third kappa shape index (κ3) is 2.87. The lowest BCUT2D eigenvalue weighted by Gasteiger charge is -1.94. The average molecular weight is 260 g/mol. The molecule has 0 amide bonds. The monoisotopic (exact) mass is 260 g/mol. The van der Waals surface area contributed by atoms with Crippen molar-refractivity contribution in [2.45, 2.75) is 6.61 Å². The Balaban J connectivity index is 2.09. The molecule has 0 atom stereocenters. The van der Waals surface area contributed by atoms with E-state index in [0.717, 1.165) is 6.26 Å². The van der Waals surface area contributed by atoms with Crippen molar-refractivity contribution in [3.05, 3.63) is 23.3 Å². The molecule has 0 aliphatic heterocycles. The van der Waals surface area contributed by atoms with E-state index in [4.69, 9.17) is 4.52 Å². The lowest BCUT2D eigenvalue weighted by atomic mass is 10.4. The first kappa shape index (κ1) is 11.2. The van der Waals surface area contributed by atoms with Gasteiger partial charge in [-0.15, -0.1) is 11.3 Å². The van der Waals surface area contributed by atoms with Crippen molar-refractivity contribution in [3.8, 4) is 10.8 Å². The van der Waals surface area contributed by atoms with Crippen molar-refractivity contribution in [1.29, 1.82) is 0 Å². The standard InChI is InChI=1S/C8H8N2O4S2/c1-16(11,12)13-5-6-4-7(14-10-6)8-9-2-3-15-8/h2-4H,5H2,1H3. The van der Waals surface area contributed by atoms with Gasteiger partial charge in [0.1, 0.15) is 12.3 Å². The summed E-state index contributed by atoms with van der Waals surface area (Å²) in [6.45, 7) is -0.131. The minimum Gasteiger partial charge on any atom is -0.353 e. The molecule has 16 heavy (non-hydrogen) atoms. The Bertz CT molecular complexity index is 559. The molecule has 2 aromatic rings. The van der Waals surface area contributed by atoms with Crippen LogP contribution in [0.15, 0.2) is 22.2 Å². The van der Waals surface area contributed by atoms with E-state index in [1.807, 2.05) is 5.38 Å². The molecule has 0 radical (unpaired) electrons. The molecule has 8 heteroatoms.